The number of sulfonamides is 1. The van der Waals surface area contributed by atoms with E-state index in [2.05, 4.69) is 9.82 Å². The van der Waals surface area contributed by atoms with Crippen molar-refractivity contribution >= 4 is 10.0 Å². The second-order valence-corrected chi connectivity index (χ2v) is 4.84. The average molecular weight is 230 g/mol. The van der Waals surface area contributed by atoms with Crippen LogP contribution in [0.15, 0.2) is 23.2 Å². The van der Waals surface area contributed by atoms with Gasteiger partial charge in [0.2, 0.25) is 0 Å². The number of hydrazine groups is 1. The molecule has 0 unspecified atom stereocenters. The molecule has 0 aromatic carbocycles. The van der Waals surface area contributed by atoms with Gasteiger partial charge in [0.1, 0.15) is 4.90 Å². The molecule has 0 aliphatic carbocycles. The fourth-order valence-corrected chi connectivity index (χ4v) is 2.01. The van der Waals surface area contributed by atoms with E-state index >= 15 is 0 Å². The van der Waals surface area contributed by atoms with Gasteiger partial charge in [-0.25, -0.2) is 13.4 Å². The summed E-state index contributed by atoms with van der Waals surface area (Å²) in [5.74, 6) is 0. The van der Waals surface area contributed by atoms with Crippen LogP contribution in [0.3, 0.4) is 0 Å². The van der Waals surface area contributed by atoms with Crippen molar-refractivity contribution in [2.45, 2.75) is 11.4 Å². The number of hydrogen-bond donors (Lipinski definition) is 2. The zero-order chi connectivity index (χ0) is 11.5. The topological polar surface area (TPSA) is 88.3 Å². The number of nitrogens with zero attached hydrogens (tertiary/aromatic N) is 2. The minimum Gasteiger partial charge on any atom is -0.325 e. The summed E-state index contributed by atoms with van der Waals surface area (Å²) in [6.45, 7) is 0.293. The van der Waals surface area contributed by atoms with E-state index < -0.39 is 10.0 Å². The van der Waals surface area contributed by atoms with Crippen molar-refractivity contribution in [1.29, 1.82) is 0 Å². The second-order valence-electron chi connectivity index (χ2n) is 3.18. The summed E-state index contributed by atoms with van der Waals surface area (Å²) in [5.41, 5.74) is 6.01. The highest BCUT2D eigenvalue weighted by molar-refractivity contribution is 7.89. The van der Waals surface area contributed by atoms with E-state index in [1.54, 1.807) is 20.2 Å². The van der Waals surface area contributed by atoms with Crippen molar-refractivity contribution in [3.8, 4) is 0 Å². The van der Waals surface area contributed by atoms with Crippen molar-refractivity contribution in [2.75, 3.05) is 14.1 Å². The molecule has 3 N–H and O–H groups in total. The van der Waals surface area contributed by atoms with Crippen LogP contribution in [-0.4, -0.2) is 32.5 Å². The van der Waals surface area contributed by atoms with Crippen LogP contribution in [-0.2, 0) is 16.6 Å². The van der Waals surface area contributed by atoms with E-state index in [9.17, 15) is 8.42 Å². The van der Waals surface area contributed by atoms with E-state index in [1.807, 2.05) is 0 Å². The van der Waals surface area contributed by atoms with Crippen LogP contribution in [0, 0.1) is 0 Å². The molecular weight excluding hydrogens is 216 g/mol. The minimum atomic E-state index is -3.51. The van der Waals surface area contributed by atoms with Crippen LogP contribution < -0.4 is 10.6 Å². The van der Waals surface area contributed by atoms with Gasteiger partial charge >= 0.3 is 0 Å². The lowest BCUT2D eigenvalue weighted by atomic mass is 10.4. The van der Waals surface area contributed by atoms with Crippen LogP contribution in [0.5, 0.6) is 0 Å². The largest absolute Gasteiger partial charge is 0.325 e. The van der Waals surface area contributed by atoms with Crippen LogP contribution >= 0.6 is 0 Å². The first-order valence-electron chi connectivity index (χ1n) is 4.30. The van der Waals surface area contributed by atoms with E-state index in [-0.39, 0.29) is 4.90 Å². The second kappa shape index (κ2) is 4.67. The van der Waals surface area contributed by atoms with Gasteiger partial charge in [0.05, 0.1) is 5.69 Å². The zero-order valence-corrected chi connectivity index (χ0v) is 9.45. The Labute approximate surface area is 89.1 Å². The van der Waals surface area contributed by atoms with Gasteiger partial charge in [-0.05, 0) is 12.1 Å². The lowest BCUT2D eigenvalue weighted by Gasteiger charge is -2.12. The highest BCUT2D eigenvalue weighted by atomic mass is 32.2. The molecule has 0 aliphatic heterocycles. The standard InChI is InChI=1S/C8H14N4O2S/c1-12(2)11-15(13,14)8-4-3-7(5-9)10-6-8/h3-4,6,11H,5,9H2,1-2H3. The van der Waals surface area contributed by atoms with Crippen LogP contribution in [0.1, 0.15) is 5.69 Å². The first-order chi connectivity index (χ1) is 6.95. The zero-order valence-electron chi connectivity index (χ0n) is 8.64. The van der Waals surface area contributed by atoms with Gasteiger partial charge < -0.3 is 5.73 Å². The molecule has 6 nitrogen and oxygen atoms in total. The fraction of sp³-hybridized carbons (Fsp3) is 0.375. The van der Waals surface area contributed by atoms with Crippen molar-refractivity contribution < 1.29 is 8.42 Å². The van der Waals surface area contributed by atoms with E-state index in [4.69, 9.17) is 5.73 Å². The molecule has 0 fully saturated rings. The Morgan fingerprint density at radius 1 is 1.47 bits per heavy atom. The van der Waals surface area contributed by atoms with Crippen LogP contribution in [0.2, 0.25) is 0 Å². The summed E-state index contributed by atoms with van der Waals surface area (Å²) in [6.07, 6.45) is 1.29. The number of aromatic nitrogens is 1. The highest BCUT2D eigenvalue weighted by Crippen LogP contribution is 2.07. The molecule has 0 saturated heterocycles. The molecule has 0 aliphatic rings. The normalized spacial score (nSPS) is 12.0. The molecule has 15 heavy (non-hydrogen) atoms. The number of rotatable bonds is 4. The Hall–Kier alpha value is -1.02. The van der Waals surface area contributed by atoms with Gasteiger partial charge in [0.25, 0.3) is 10.0 Å². The van der Waals surface area contributed by atoms with Crippen LogP contribution in [0.25, 0.3) is 0 Å². The number of nitrogens with one attached hydrogen (secondary N) is 1. The molecule has 84 valence electrons. The van der Waals surface area contributed by atoms with Crippen molar-refractivity contribution in [2.24, 2.45) is 5.73 Å². The molecule has 1 aromatic heterocycles. The predicted molar refractivity (Wildman–Crippen MR) is 56.1 cm³/mol. The number of pyridine rings is 1. The summed E-state index contributed by atoms with van der Waals surface area (Å²) in [6, 6.07) is 3.06. The van der Waals surface area contributed by atoms with E-state index in [0.29, 0.717) is 12.2 Å². The Kier molecular flexibility index (Phi) is 3.75. The number of hydrogen-bond acceptors (Lipinski definition) is 5. The minimum absolute atomic E-state index is 0.119. The molecule has 7 heteroatoms. The maximum absolute atomic E-state index is 11.6. The van der Waals surface area contributed by atoms with E-state index in [0.717, 1.165) is 0 Å². The Bertz CT molecular complexity index is 413. The van der Waals surface area contributed by atoms with Gasteiger partial charge in [-0.3, -0.25) is 4.98 Å². The van der Waals surface area contributed by atoms with E-state index in [1.165, 1.54) is 17.3 Å². The summed E-state index contributed by atoms with van der Waals surface area (Å²) in [7, 11) is -0.319. The molecule has 0 spiro atoms. The smallest absolute Gasteiger partial charge is 0.254 e. The molecule has 0 bridgehead atoms. The molecule has 0 atom stereocenters. The molecule has 1 heterocycles. The van der Waals surface area contributed by atoms with Gasteiger partial charge in [0, 0.05) is 26.8 Å². The third kappa shape index (κ3) is 3.24. The monoisotopic (exact) mass is 230 g/mol. The lowest BCUT2D eigenvalue weighted by molar-refractivity contribution is 0.364. The third-order valence-corrected chi connectivity index (χ3v) is 3.09. The molecule has 1 aromatic rings. The maximum atomic E-state index is 11.6. The van der Waals surface area contributed by atoms with Crippen LogP contribution in [0.4, 0.5) is 0 Å². The third-order valence-electron chi connectivity index (χ3n) is 1.62. The number of nitrogens with two attached hydrogens (primary N) is 1. The maximum Gasteiger partial charge on any atom is 0.254 e. The molecule has 0 radical (unpaired) electrons. The fourth-order valence-electron chi connectivity index (χ4n) is 0.984. The first kappa shape index (κ1) is 12.1. The summed E-state index contributed by atoms with van der Waals surface area (Å²) < 4.78 is 23.2. The summed E-state index contributed by atoms with van der Waals surface area (Å²) in [4.78, 5) is 6.33. The predicted octanol–water partition coefficient (Wildman–Crippen LogP) is -0.705. The van der Waals surface area contributed by atoms with Crippen molar-refractivity contribution in [3.63, 3.8) is 0 Å². The lowest BCUT2D eigenvalue weighted by Crippen LogP contribution is -2.36. The molecule has 0 amide bonds. The van der Waals surface area contributed by atoms with Gasteiger partial charge in [0.15, 0.2) is 0 Å². The van der Waals surface area contributed by atoms with Crippen molar-refractivity contribution in [1.82, 2.24) is 14.8 Å². The SMILES string of the molecule is CN(C)NS(=O)(=O)c1ccc(CN)nc1. The van der Waals surface area contributed by atoms with Crippen molar-refractivity contribution in [3.05, 3.63) is 24.0 Å². The van der Waals surface area contributed by atoms with Gasteiger partial charge in [-0.15, -0.1) is 4.83 Å². The Morgan fingerprint density at radius 2 is 2.13 bits per heavy atom. The quantitative estimate of drug-likeness (QED) is 0.667. The molecule has 0 saturated carbocycles. The van der Waals surface area contributed by atoms with Gasteiger partial charge in [-0.1, -0.05) is 0 Å². The Morgan fingerprint density at radius 3 is 2.53 bits per heavy atom. The molecule has 1 rings (SSSR count). The summed E-state index contributed by atoms with van der Waals surface area (Å²) >= 11 is 0. The summed E-state index contributed by atoms with van der Waals surface area (Å²) in [5, 5.41) is 1.35. The van der Waals surface area contributed by atoms with Gasteiger partial charge in [-0.2, -0.15) is 0 Å². The first-order valence-corrected chi connectivity index (χ1v) is 5.79. The Balaban J connectivity index is 2.96. The average Bonchev–Trinajstić information content (AvgIpc) is 2.16. The molecular formula is C8H14N4O2S. The highest BCUT2D eigenvalue weighted by Gasteiger charge is 2.14.